The number of carbonyl (C=O) groups excluding carboxylic acids is 2. The second kappa shape index (κ2) is 14.4. The molecule has 40 heavy (non-hydrogen) atoms. The Morgan fingerprint density at radius 1 is 0.950 bits per heavy atom. The Morgan fingerprint density at radius 3 is 2.10 bits per heavy atom. The van der Waals surface area contributed by atoms with Crippen molar-refractivity contribution in [1.29, 1.82) is 0 Å². The summed E-state index contributed by atoms with van der Waals surface area (Å²) in [5.74, 6) is 0.628. The number of carbonyl (C=O) groups is 2. The van der Waals surface area contributed by atoms with Crippen LogP contribution in [-0.2, 0) is 32.7 Å². The van der Waals surface area contributed by atoms with Crippen molar-refractivity contribution in [2.45, 2.75) is 58.5 Å². The number of likely N-dealkylation sites (N-methyl/N-ethyl adjacent to an activating group) is 1. The lowest BCUT2D eigenvalue weighted by atomic mass is 10.1. The molecule has 0 bridgehead atoms. The number of hydrogen-bond donors (Lipinski definition) is 1. The van der Waals surface area contributed by atoms with Crippen molar-refractivity contribution in [2.24, 2.45) is 0 Å². The van der Waals surface area contributed by atoms with Crippen molar-refractivity contribution < 1.29 is 22.7 Å². The van der Waals surface area contributed by atoms with Crippen molar-refractivity contribution in [3.8, 4) is 5.75 Å². The zero-order valence-electron chi connectivity index (χ0n) is 25.3. The van der Waals surface area contributed by atoms with Gasteiger partial charge in [-0.25, -0.2) is 8.42 Å². The molecule has 0 aliphatic heterocycles. The molecular weight excluding hydrogens is 528 g/mol. The summed E-state index contributed by atoms with van der Waals surface area (Å²) < 4.78 is 31.5. The highest BCUT2D eigenvalue weighted by atomic mass is 32.2. The Kier molecular flexibility index (Phi) is 11.9. The van der Waals surface area contributed by atoms with E-state index < -0.39 is 10.0 Å². The number of aryl methyl sites for hydroxylation is 2. The lowest BCUT2D eigenvalue weighted by Crippen LogP contribution is -2.33. The van der Waals surface area contributed by atoms with Gasteiger partial charge in [-0.2, -0.15) is 4.31 Å². The van der Waals surface area contributed by atoms with E-state index in [0.29, 0.717) is 36.3 Å². The fourth-order valence-corrected chi connectivity index (χ4v) is 5.99. The van der Waals surface area contributed by atoms with Crippen molar-refractivity contribution in [2.75, 3.05) is 41.8 Å². The Balaban J connectivity index is 0.000000281. The van der Waals surface area contributed by atoms with Crippen LogP contribution in [0.2, 0.25) is 0 Å². The van der Waals surface area contributed by atoms with E-state index in [-0.39, 0.29) is 23.1 Å². The van der Waals surface area contributed by atoms with Crippen molar-refractivity contribution in [3.63, 3.8) is 0 Å². The number of ether oxygens (including phenoxy) is 1. The van der Waals surface area contributed by atoms with Crippen LogP contribution >= 0.6 is 0 Å². The molecule has 3 rings (SSSR count). The quantitative estimate of drug-likeness (QED) is 0.363. The van der Waals surface area contributed by atoms with Crippen LogP contribution in [0.5, 0.6) is 5.75 Å². The van der Waals surface area contributed by atoms with Crippen molar-refractivity contribution in [3.05, 3.63) is 58.8 Å². The number of nitrogens with one attached hydrogen (secondary N) is 1. The molecule has 10 heteroatoms. The number of H-pyrrole nitrogens is 1. The molecule has 3 aromatic rings. The summed E-state index contributed by atoms with van der Waals surface area (Å²) in [5, 5.41) is 1.20. The third kappa shape index (κ3) is 8.90. The molecule has 1 amide bonds. The summed E-state index contributed by atoms with van der Waals surface area (Å²) in [5.41, 5.74) is 4.73. The van der Waals surface area contributed by atoms with Crippen LogP contribution in [0.1, 0.15) is 49.1 Å². The molecule has 1 heterocycles. The van der Waals surface area contributed by atoms with Crippen LogP contribution in [0.15, 0.2) is 41.3 Å². The molecule has 0 fully saturated rings. The SMILES string of the molecule is CC(=O)N(C)Cc1ccc2[nH]c(CN(C)C)cc2c1.CCCC(=O)CN(C)S(=O)(=O)c1c(C)cc(OC)cc1C. The van der Waals surface area contributed by atoms with E-state index in [9.17, 15) is 18.0 Å². The summed E-state index contributed by atoms with van der Waals surface area (Å²) in [4.78, 5) is 30.4. The molecular formula is C30H44N4O5S. The summed E-state index contributed by atoms with van der Waals surface area (Å²) >= 11 is 0. The maximum absolute atomic E-state index is 12.6. The number of Topliss-reactive ketones (excluding diaryl/α,β-unsaturated/α-hetero) is 1. The maximum atomic E-state index is 12.6. The number of nitrogens with zero attached hydrogens (tertiary/aromatic N) is 3. The van der Waals surface area contributed by atoms with Crippen LogP contribution in [0.3, 0.4) is 0 Å². The largest absolute Gasteiger partial charge is 0.497 e. The second-order valence-electron chi connectivity index (χ2n) is 10.5. The standard InChI is InChI=1S/C15H21N3O.C15H23NO4S/c1-11(19)18(4)9-12-5-6-15-13(7-12)8-14(16-15)10-17(2)3;1-6-7-13(17)10-16(4)21(18,19)15-11(2)8-14(20-5)9-12(15)3/h5-8,16H,9-10H2,1-4H3;8-9H,6-7,10H2,1-5H3. The van der Waals surface area contributed by atoms with Crippen LogP contribution in [0.4, 0.5) is 0 Å². The summed E-state index contributed by atoms with van der Waals surface area (Å²) in [7, 11) is 5.22. The molecule has 1 aromatic heterocycles. The number of amides is 1. The monoisotopic (exact) mass is 572 g/mol. The summed E-state index contributed by atoms with van der Waals surface area (Å²) in [6.07, 6.45) is 1.10. The highest BCUT2D eigenvalue weighted by molar-refractivity contribution is 7.89. The van der Waals surface area contributed by atoms with E-state index in [1.165, 1.54) is 25.2 Å². The molecule has 0 aliphatic carbocycles. The molecule has 0 spiro atoms. The molecule has 2 aromatic carbocycles. The normalized spacial score (nSPS) is 11.5. The molecule has 0 aliphatic rings. The number of hydrogen-bond acceptors (Lipinski definition) is 6. The first-order valence-electron chi connectivity index (χ1n) is 13.3. The molecule has 0 saturated carbocycles. The lowest BCUT2D eigenvalue weighted by molar-refractivity contribution is -0.128. The van der Waals surface area contributed by atoms with Gasteiger partial charge in [-0.3, -0.25) is 9.59 Å². The number of rotatable bonds is 11. The number of methoxy groups -OCH3 is 1. The maximum Gasteiger partial charge on any atom is 0.243 e. The Labute approximate surface area is 239 Å². The van der Waals surface area contributed by atoms with Gasteiger partial charge in [0.15, 0.2) is 0 Å². The van der Waals surface area contributed by atoms with E-state index >= 15 is 0 Å². The number of fused-ring (bicyclic) bond motifs is 1. The number of benzene rings is 2. The van der Waals surface area contributed by atoms with Crippen LogP contribution in [0.25, 0.3) is 10.9 Å². The molecule has 220 valence electrons. The number of ketones is 1. The van der Waals surface area contributed by atoms with E-state index in [1.54, 1.807) is 37.8 Å². The van der Waals surface area contributed by atoms with Gasteiger partial charge in [0.25, 0.3) is 0 Å². The first-order chi connectivity index (χ1) is 18.7. The van der Waals surface area contributed by atoms with Crippen molar-refractivity contribution in [1.82, 2.24) is 19.1 Å². The molecule has 0 radical (unpaired) electrons. The Bertz CT molecular complexity index is 1410. The number of aromatic amines is 1. The molecule has 0 atom stereocenters. The predicted molar refractivity (Wildman–Crippen MR) is 160 cm³/mol. The zero-order valence-corrected chi connectivity index (χ0v) is 26.1. The van der Waals surface area contributed by atoms with Gasteiger partial charge in [-0.1, -0.05) is 13.0 Å². The van der Waals surface area contributed by atoms with Crippen LogP contribution in [-0.4, -0.2) is 81.0 Å². The van der Waals surface area contributed by atoms with E-state index in [1.807, 2.05) is 14.0 Å². The third-order valence-corrected chi connectivity index (χ3v) is 8.56. The summed E-state index contributed by atoms with van der Waals surface area (Å²) in [6.45, 7) is 8.39. The lowest BCUT2D eigenvalue weighted by Gasteiger charge is -2.20. The van der Waals surface area contributed by atoms with Gasteiger partial charge in [0, 0.05) is 57.1 Å². The van der Waals surface area contributed by atoms with E-state index in [0.717, 1.165) is 21.9 Å². The minimum atomic E-state index is -3.68. The Morgan fingerprint density at radius 2 is 1.57 bits per heavy atom. The molecule has 0 saturated heterocycles. The first kappa shape index (κ1) is 33.0. The van der Waals surface area contributed by atoms with Crippen LogP contribution < -0.4 is 4.74 Å². The third-order valence-electron chi connectivity index (χ3n) is 6.45. The molecule has 0 unspecified atom stereocenters. The van der Waals surface area contributed by atoms with Gasteiger partial charge in [-0.05, 0) is 81.4 Å². The van der Waals surface area contributed by atoms with Gasteiger partial charge >= 0.3 is 0 Å². The highest BCUT2D eigenvalue weighted by Crippen LogP contribution is 2.27. The molecule has 9 nitrogen and oxygen atoms in total. The minimum Gasteiger partial charge on any atom is -0.497 e. The topological polar surface area (TPSA) is 103 Å². The predicted octanol–water partition coefficient (Wildman–Crippen LogP) is 4.51. The second-order valence-corrected chi connectivity index (χ2v) is 12.5. The van der Waals surface area contributed by atoms with Gasteiger partial charge < -0.3 is 19.5 Å². The fourth-order valence-electron chi connectivity index (χ4n) is 4.43. The average molecular weight is 573 g/mol. The van der Waals surface area contributed by atoms with E-state index in [2.05, 4.69) is 48.2 Å². The van der Waals surface area contributed by atoms with Gasteiger partial charge in [-0.15, -0.1) is 0 Å². The number of aromatic nitrogens is 1. The van der Waals surface area contributed by atoms with Crippen LogP contribution in [0, 0.1) is 13.8 Å². The smallest absolute Gasteiger partial charge is 0.243 e. The average Bonchev–Trinajstić information content (AvgIpc) is 3.24. The van der Waals surface area contributed by atoms with E-state index in [4.69, 9.17) is 4.74 Å². The van der Waals surface area contributed by atoms with Gasteiger partial charge in [0.05, 0.1) is 18.6 Å². The highest BCUT2D eigenvalue weighted by Gasteiger charge is 2.26. The molecule has 1 N–H and O–H groups in total. The van der Waals surface area contributed by atoms with Gasteiger partial charge in [0.1, 0.15) is 11.5 Å². The van der Waals surface area contributed by atoms with Crippen molar-refractivity contribution >= 4 is 32.6 Å². The fraction of sp³-hybridized carbons (Fsp3) is 0.467. The Hall–Kier alpha value is -3.21. The minimum absolute atomic E-state index is 0.0765. The number of sulfonamides is 1. The zero-order chi connectivity index (χ0) is 30.2. The first-order valence-corrected chi connectivity index (χ1v) is 14.7. The van der Waals surface area contributed by atoms with Gasteiger partial charge in [0.2, 0.25) is 15.9 Å². The summed E-state index contributed by atoms with van der Waals surface area (Å²) in [6, 6.07) is 11.8.